The highest BCUT2D eigenvalue weighted by Gasteiger charge is 2.17. The number of benzene rings is 1. The zero-order chi connectivity index (χ0) is 15.1. The molecule has 0 aliphatic carbocycles. The van der Waals surface area contributed by atoms with Crippen molar-refractivity contribution in [2.24, 2.45) is 5.73 Å². The van der Waals surface area contributed by atoms with E-state index in [9.17, 15) is 0 Å². The predicted octanol–water partition coefficient (Wildman–Crippen LogP) is 3.77. The van der Waals surface area contributed by atoms with Crippen molar-refractivity contribution in [3.05, 3.63) is 34.9 Å². The summed E-state index contributed by atoms with van der Waals surface area (Å²) in [6, 6.07) is 6.70. The van der Waals surface area contributed by atoms with Gasteiger partial charge in [0.05, 0.1) is 12.2 Å². The standard InChI is InChI=1S/C17H29NO2/c1-6-16(19-4)13-8-9-15(17(7-2)20-5)14(11-13)10-12(3)18/h8-9,11-12,16-17H,6-7,10,18H2,1-5H3. The van der Waals surface area contributed by atoms with Crippen LogP contribution in [0.2, 0.25) is 0 Å². The third-order valence-electron chi connectivity index (χ3n) is 3.74. The largest absolute Gasteiger partial charge is 0.377 e. The molecule has 1 rings (SSSR count). The van der Waals surface area contributed by atoms with Gasteiger partial charge in [0.2, 0.25) is 0 Å². The van der Waals surface area contributed by atoms with Crippen molar-refractivity contribution >= 4 is 0 Å². The number of nitrogens with two attached hydrogens (primary N) is 1. The predicted molar refractivity (Wildman–Crippen MR) is 83.9 cm³/mol. The summed E-state index contributed by atoms with van der Waals surface area (Å²) in [5.74, 6) is 0. The monoisotopic (exact) mass is 279 g/mol. The molecular weight excluding hydrogens is 250 g/mol. The van der Waals surface area contributed by atoms with Crippen molar-refractivity contribution in [3.63, 3.8) is 0 Å². The molecule has 20 heavy (non-hydrogen) atoms. The highest BCUT2D eigenvalue weighted by atomic mass is 16.5. The molecule has 3 unspecified atom stereocenters. The quantitative estimate of drug-likeness (QED) is 0.787. The lowest BCUT2D eigenvalue weighted by Gasteiger charge is -2.22. The Bertz CT molecular complexity index is 396. The molecule has 0 saturated heterocycles. The lowest BCUT2D eigenvalue weighted by molar-refractivity contribution is 0.0965. The molecule has 1 aromatic carbocycles. The van der Waals surface area contributed by atoms with Crippen LogP contribution in [0.3, 0.4) is 0 Å². The first-order valence-corrected chi connectivity index (χ1v) is 7.51. The number of hydrogen-bond acceptors (Lipinski definition) is 3. The van der Waals surface area contributed by atoms with Gasteiger partial charge in [-0.2, -0.15) is 0 Å². The molecule has 0 bridgehead atoms. The first-order chi connectivity index (χ1) is 9.57. The van der Waals surface area contributed by atoms with Crippen LogP contribution in [0.5, 0.6) is 0 Å². The van der Waals surface area contributed by atoms with Crippen LogP contribution < -0.4 is 5.73 Å². The van der Waals surface area contributed by atoms with Gasteiger partial charge in [-0.25, -0.2) is 0 Å². The third kappa shape index (κ3) is 4.30. The molecule has 0 aliphatic heterocycles. The SMILES string of the molecule is CCC(OC)c1ccc(C(CC)OC)c(CC(C)N)c1. The van der Waals surface area contributed by atoms with Crippen molar-refractivity contribution in [3.8, 4) is 0 Å². The minimum Gasteiger partial charge on any atom is -0.377 e. The molecule has 114 valence electrons. The van der Waals surface area contributed by atoms with Gasteiger partial charge in [0.25, 0.3) is 0 Å². The van der Waals surface area contributed by atoms with E-state index in [1.165, 1.54) is 16.7 Å². The summed E-state index contributed by atoms with van der Waals surface area (Å²) in [7, 11) is 3.53. The van der Waals surface area contributed by atoms with Gasteiger partial charge in [-0.3, -0.25) is 0 Å². The molecule has 0 radical (unpaired) electrons. The highest BCUT2D eigenvalue weighted by Crippen LogP contribution is 2.29. The maximum atomic E-state index is 6.00. The van der Waals surface area contributed by atoms with Gasteiger partial charge in [0, 0.05) is 20.3 Å². The fourth-order valence-corrected chi connectivity index (χ4v) is 2.72. The Hall–Kier alpha value is -0.900. The van der Waals surface area contributed by atoms with Gasteiger partial charge in [0.1, 0.15) is 0 Å². The molecule has 0 spiro atoms. The van der Waals surface area contributed by atoms with Crippen LogP contribution in [-0.4, -0.2) is 20.3 Å². The average Bonchev–Trinajstić information content (AvgIpc) is 2.43. The summed E-state index contributed by atoms with van der Waals surface area (Å²) in [5, 5.41) is 0. The van der Waals surface area contributed by atoms with Crippen LogP contribution in [-0.2, 0) is 15.9 Å². The normalized spacial score (nSPS) is 15.9. The molecule has 3 heteroatoms. The van der Waals surface area contributed by atoms with Gasteiger partial charge >= 0.3 is 0 Å². The summed E-state index contributed by atoms with van der Waals surface area (Å²) in [6.45, 7) is 6.32. The summed E-state index contributed by atoms with van der Waals surface area (Å²) in [4.78, 5) is 0. The molecule has 2 N–H and O–H groups in total. The molecule has 0 aromatic heterocycles. The van der Waals surface area contributed by atoms with Gasteiger partial charge in [-0.15, -0.1) is 0 Å². The van der Waals surface area contributed by atoms with Crippen LogP contribution in [0.4, 0.5) is 0 Å². The molecule has 0 heterocycles. The van der Waals surface area contributed by atoms with E-state index < -0.39 is 0 Å². The van der Waals surface area contributed by atoms with Gasteiger partial charge in [-0.1, -0.05) is 32.0 Å². The Morgan fingerprint density at radius 3 is 2.10 bits per heavy atom. The van der Waals surface area contributed by atoms with Crippen molar-refractivity contribution in [2.45, 2.75) is 58.3 Å². The molecule has 3 nitrogen and oxygen atoms in total. The lowest BCUT2D eigenvalue weighted by Crippen LogP contribution is -2.20. The summed E-state index contributed by atoms with van der Waals surface area (Å²) < 4.78 is 11.1. The number of ether oxygens (including phenoxy) is 2. The molecular formula is C17H29NO2. The van der Waals surface area contributed by atoms with Gasteiger partial charge in [-0.05, 0) is 42.9 Å². The molecule has 0 saturated carbocycles. The minimum atomic E-state index is 0.139. The Balaban J connectivity index is 3.18. The van der Waals surface area contributed by atoms with E-state index in [1.807, 2.05) is 6.92 Å². The van der Waals surface area contributed by atoms with E-state index in [1.54, 1.807) is 14.2 Å². The number of hydrogen-bond donors (Lipinski definition) is 1. The third-order valence-corrected chi connectivity index (χ3v) is 3.74. The zero-order valence-corrected chi connectivity index (χ0v) is 13.5. The second kappa shape index (κ2) is 8.40. The molecule has 0 fully saturated rings. The average molecular weight is 279 g/mol. The van der Waals surface area contributed by atoms with Crippen molar-refractivity contribution in [1.82, 2.24) is 0 Å². The van der Waals surface area contributed by atoms with Crippen LogP contribution in [0.1, 0.15) is 62.5 Å². The Labute approximate surface area is 123 Å². The first-order valence-electron chi connectivity index (χ1n) is 7.51. The topological polar surface area (TPSA) is 44.5 Å². The van der Waals surface area contributed by atoms with E-state index in [0.717, 1.165) is 19.3 Å². The molecule has 3 atom stereocenters. The van der Waals surface area contributed by atoms with Gasteiger partial charge < -0.3 is 15.2 Å². The molecule has 0 aliphatic rings. The second-order valence-corrected chi connectivity index (χ2v) is 5.40. The Morgan fingerprint density at radius 2 is 1.65 bits per heavy atom. The molecule has 1 aromatic rings. The summed E-state index contributed by atoms with van der Waals surface area (Å²) >= 11 is 0. The van der Waals surface area contributed by atoms with E-state index in [-0.39, 0.29) is 18.2 Å². The Morgan fingerprint density at radius 1 is 1.05 bits per heavy atom. The minimum absolute atomic E-state index is 0.139. The smallest absolute Gasteiger partial charge is 0.0821 e. The summed E-state index contributed by atoms with van der Waals surface area (Å²) in [5.41, 5.74) is 9.75. The van der Waals surface area contributed by atoms with Crippen LogP contribution in [0.15, 0.2) is 18.2 Å². The van der Waals surface area contributed by atoms with E-state index in [0.29, 0.717) is 0 Å². The van der Waals surface area contributed by atoms with Crippen LogP contribution in [0, 0.1) is 0 Å². The maximum Gasteiger partial charge on any atom is 0.0821 e. The fourth-order valence-electron chi connectivity index (χ4n) is 2.72. The van der Waals surface area contributed by atoms with E-state index in [4.69, 9.17) is 15.2 Å². The molecule has 0 amide bonds. The first kappa shape index (κ1) is 17.2. The maximum absolute atomic E-state index is 6.00. The van der Waals surface area contributed by atoms with E-state index in [2.05, 4.69) is 32.0 Å². The van der Waals surface area contributed by atoms with Crippen molar-refractivity contribution in [1.29, 1.82) is 0 Å². The zero-order valence-electron chi connectivity index (χ0n) is 13.5. The lowest BCUT2D eigenvalue weighted by atomic mass is 9.92. The van der Waals surface area contributed by atoms with E-state index >= 15 is 0 Å². The number of rotatable bonds is 8. The number of methoxy groups -OCH3 is 2. The van der Waals surface area contributed by atoms with Crippen molar-refractivity contribution in [2.75, 3.05) is 14.2 Å². The van der Waals surface area contributed by atoms with Crippen LogP contribution >= 0.6 is 0 Å². The highest BCUT2D eigenvalue weighted by molar-refractivity contribution is 5.35. The summed E-state index contributed by atoms with van der Waals surface area (Å²) in [6.07, 6.45) is 3.08. The van der Waals surface area contributed by atoms with Gasteiger partial charge in [0.15, 0.2) is 0 Å². The Kier molecular flexibility index (Phi) is 7.20. The fraction of sp³-hybridized carbons (Fsp3) is 0.647. The second-order valence-electron chi connectivity index (χ2n) is 5.40. The van der Waals surface area contributed by atoms with Crippen molar-refractivity contribution < 1.29 is 9.47 Å². The van der Waals surface area contributed by atoms with Crippen LogP contribution in [0.25, 0.3) is 0 Å².